The summed E-state index contributed by atoms with van der Waals surface area (Å²) in [6.45, 7) is 2.64. The summed E-state index contributed by atoms with van der Waals surface area (Å²) in [5.41, 5.74) is 1.16. The van der Waals surface area contributed by atoms with Crippen molar-refractivity contribution in [3.63, 3.8) is 0 Å². The quantitative estimate of drug-likeness (QED) is 0.803. The Labute approximate surface area is 115 Å². The number of aromatic nitrogens is 1. The first kappa shape index (κ1) is 13.5. The van der Waals surface area contributed by atoms with Crippen LogP contribution in [0.1, 0.15) is 18.4 Å². The number of carbonyl (C=O) groups is 1. The van der Waals surface area contributed by atoms with Crippen LogP contribution < -0.4 is 0 Å². The second-order valence-electron chi connectivity index (χ2n) is 4.61. The third kappa shape index (κ3) is 3.53. The van der Waals surface area contributed by atoms with E-state index >= 15 is 0 Å². The van der Waals surface area contributed by atoms with Gasteiger partial charge in [0, 0.05) is 30.0 Å². The molecule has 1 unspecified atom stereocenters. The highest BCUT2D eigenvalue weighted by molar-refractivity contribution is 9.10. The summed E-state index contributed by atoms with van der Waals surface area (Å²) in [6.07, 6.45) is 5.62. The molecule has 4 nitrogen and oxygen atoms in total. The molecule has 2 heterocycles. The second-order valence-corrected chi connectivity index (χ2v) is 5.52. The number of halogens is 1. The van der Waals surface area contributed by atoms with Gasteiger partial charge in [0.2, 0.25) is 0 Å². The largest absolute Gasteiger partial charge is 0.469 e. The molecule has 0 bridgehead atoms. The molecule has 1 saturated heterocycles. The molecule has 0 amide bonds. The van der Waals surface area contributed by atoms with E-state index in [0.717, 1.165) is 42.5 Å². The smallest absolute Gasteiger partial charge is 0.309 e. The molecular weight excluding hydrogens is 296 g/mol. The second kappa shape index (κ2) is 6.29. The highest BCUT2D eigenvalue weighted by atomic mass is 79.9. The SMILES string of the molecule is COC(=O)C1CCCN(Cc2cncc(Br)c2)C1. The van der Waals surface area contributed by atoms with Crippen LogP contribution in [0.5, 0.6) is 0 Å². The minimum absolute atomic E-state index is 0.0175. The van der Waals surface area contributed by atoms with E-state index in [2.05, 4.69) is 31.9 Å². The molecule has 0 saturated carbocycles. The van der Waals surface area contributed by atoms with Gasteiger partial charge < -0.3 is 4.74 Å². The molecule has 0 aliphatic carbocycles. The lowest BCUT2D eigenvalue weighted by atomic mass is 9.98. The first-order valence-corrected chi connectivity index (χ1v) is 6.88. The van der Waals surface area contributed by atoms with Gasteiger partial charge in [-0.25, -0.2) is 0 Å². The predicted octanol–water partition coefficient (Wildman–Crippen LogP) is 2.23. The lowest BCUT2D eigenvalue weighted by Gasteiger charge is -2.31. The number of nitrogens with zero attached hydrogens (tertiary/aromatic N) is 2. The summed E-state index contributed by atoms with van der Waals surface area (Å²) >= 11 is 3.42. The van der Waals surface area contributed by atoms with Crippen LogP contribution in [-0.4, -0.2) is 36.1 Å². The minimum Gasteiger partial charge on any atom is -0.469 e. The lowest BCUT2D eigenvalue weighted by Crippen LogP contribution is -2.38. The highest BCUT2D eigenvalue weighted by Crippen LogP contribution is 2.20. The third-order valence-corrected chi connectivity index (χ3v) is 3.64. The maximum Gasteiger partial charge on any atom is 0.309 e. The van der Waals surface area contributed by atoms with E-state index in [4.69, 9.17) is 4.74 Å². The fourth-order valence-corrected chi connectivity index (χ4v) is 2.77. The molecule has 0 radical (unpaired) electrons. The summed E-state index contributed by atoms with van der Waals surface area (Å²) in [7, 11) is 1.46. The lowest BCUT2D eigenvalue weighted by molar-refractivity contribution is -0.147. The molecule has 2 rings (SSSR count). The molecule has 5 heteroatoms. The molecule has 1 aromatic rings. The molecule has 1 aromatic heterocycles. The summed E-state index contributed by atoms with van der Waals surface area (Å²) < 4.78 is 5.81. The van der Waals surface area contributed by atoms with Crippen LogP contribution in [0.2, 0.25) is 0 Å². The fraction of sp³-hybridized carbons (Fsp3) is 0.538. The van der Waals surface area contributed by atoms with Crippen LogP contribution in [0, 0.1) is 5.92 Å². The van der Waals surface area contributed by atoms with E-state index in [1.165, 1.54) is 7.11 Å². The predicted molar refractivity (Wildman–Crippen MR) is 72.0 cm³/mol. The summed E-state index contributed by atoms with van der Waals surface area (Å²) in [5, 5.41) is 0. The number of methoxy groups -OCH3 is 1. The maximum absolute atomic E-state index is 11.6. The number of rotatable bonds is 3. The van der Waals surface area contributed by atoms with Crippen molar-refractivity contribution in [2.45, 2.75) is 19.4 Å². The molecule has 0 N–H and O–H groups in total. The Morgan fingerprint density at radius 3 is 3.17 bits per heavy atom. The monoisotopic (exact) mass is 312 g/mol. The standard InChI is InChI=1S/C13H17BrN2O2/c1-18-13(17)11-3-2-4-16(9-11)8-10-5-12(14)7-15-6-10/h5-7,11H,2-4,8-9H2,1H3. The van der Waals surface area contributed by atoms with Gasteiger partial charge in [-0.2, -0.15) is 0 Å². The number of esters is 1. The zero-order valence-electron chi connectivity index (χ0n) is 10.4. The molecule has 0 spiro atoms. The number of pyridine rings is 1. The Balaban J connectivity index is 1.95. The number of ether oxygens (including phenoxy) is 1. The topological polar surface area (TPSA) is 42.4 Å². The van der Waals surface area contributed by atoms with Crippen molar-refractivity contribution in [2.75, 3.05) is 20.2 Å². The van der Waals surface area contributed by atoms with Crippen molar-refractivity contribution in [3.05, 3.63) is 28.5 Å². The van der Waals surface area contributed by atoms with E-state index in [9.17, 15) is 4.79 Å². The Morgan fingerprint density at radius 2 is 2.44 bits per heavy atom. The Kier molecular flexibility index (Phi) is 4.72. The average Bonchev–Trinajstić information content (AvgIpc) is 2.38. The first-order chi connectivity index (χ1) is 8.69. The van der Waals surface area contributed by atoms with Crippen LogP contribution in [0.4, 0.5) is 0 Å². The van der Waals surface area contributed by atoms with Gasteiger partial charge in [0.1, 0.15) is 0 Å². The molecule has 18 heavy (non-hydrogen) atoms. The van der Waals surface area contributed by atoms with E-state index in [-0.39, 0.29) is 11.9 Å². The van der Waals surface area contributed by atoms with E-state index < -0.39 is 0 Å². The van der Waals surface area contributed by atoms with Crippen LogP contribution in [-0.2, 0) is 16.1 Å². The van der Waals surface area contributed by atoms with E-state index in [1.54, 1.807) is 6.20 Å². The number of hydrogen-bond acceptors (Lipinski definition) is 4. The van der Waals surface area contributed by atoms with Crippen molar-refractivity contribution >= 4 is 21.9 Å². The molecule has 1 aliphatic rings. The van der Waals surface area contributed by atoms with Crippen LogP contribution in [0.25, 0.3) is 0 Å². The zero-order chi connectivity index (χ0) is 13.0. The van der Waals surface area contributed by atoms with Crippen molar-refractivity contribution in [1.29, 1.82) is 0 Å². The molecule has 1 aliphatic heterocycles. The van der Waals surface area contributed by atoms with Gasteiger partial charge in [-0.3, -0.25) is 14.7 Å². The number of likely N-dealkylation sites (tertiary alicyclic amines) is 1. The third-order valence-electron chi connectivity index (χ3n) is 3.21. The van der Waals surface area contributed by atoms with Gasteiger partial charge in [-0.1, -0.05) is 0 Å². The van der Waals surface area contributed by atoms with Gasteiger partial charge in [0.05, 0.1) is 13.0 Å². The molecule has 0 aromatic carbocycles. The summed E-state index contributed by atoms with van der Waals surface area (Å²) in [5.74, 6) is -0.0732. The molecule has 98 valence electrons. The van der Waals surface area contributed by atoms with Gasteiger partial charge in [-0.15, -0.1) is 0 Å². The number of carbonyl (C=O) groups excluding carboxylic acids is 1. The van der Waals surface area contributed by atoms with Gasteiger partial charge >= 0.3 is 5.97 Å². The number of piperidine rings is 1. The normalized spacial score (nSPS) is 20.7. The summed E-state index contributed by atoms with van der Waals surface area (Å²) in [6, 6.07) is 2.06. The van der Waals surface area contributed by atoms with Crippen molar-refractivity contribution < 1.29 is 9.53 Å². The summed E-state index contributed by atoms with van der Waals surface area (Å²) in [4.78, 5) is 18.0. The first-order valence-electron chi connectivity index (χ1n) is 6.08. The van der Waals surface area contributed by atoms with E-state index in [0.29, 0.717) is 0 Å². The minimum atomic E-state index is -0.0907. The van der Waals surface area contributed by atoms with Crippen LogP contribution in [0.3, 0.4) is 0 Å². The highest BCUT2D eigenvalue weighted by Gasteiger charge is 2.26. The van der Waals surface area contributed by atoms with Crippen LogP contribution >= 0.6 is 15.9 Å². The van der Waals surface area contributed by atoms with E-state index in [1.807, 2.05) is 6.20 Å². The fourth-order valence-electron chi connectivity index (χ4n) is 2.36. The zero-order valence-corrected chi connectivity index (χ0v) is 12.0. The molecule has 1 atom stereocenters. The molecule has 1 fully saturated rings. The van der Waals surface area contributed by atoms with Crippen molar-refractivity contribution in [3.8, 4) is 0 Å². The van der Waals surface area contributed by atoms with Crippen molar-refractivity contribution in [2.24, 2.45) is 5.92 Å². The Hall–Kier alpha value is -0.940. The Bertz CT molecular complexity index is 425. The Morgan fingerprint density at radius 1 is 1.61 bits per heavy atom. The van der Waals surface area contributed by atoms with Gasteiger partial charge in [-0.05, 0) is 46.9 Å². The van der Waals surface area contributed by atoms with Crippen LogP contribution in [0.15, 0.2) is 22.9 Å². The number of hydrogen-bond donors (Lipinski definition) is 0. The average molecular weight is 313 g/mol. The molecular formula is C13H17BrN2O2. The van der Waals surface area contributed by atoms with Crippen molar-refractivity contribution in [1.82, 2.24) is 9.88 Å². The van der Waals surface area contributed by atoms with Gasteiger partial charge in [0.25, 0.3) is 0 Å². The maximum atomic E-state index is 11.6. The van der Waals surface area contributed by atoms with Gasteiger partial charge in [0.15, 0.2) is 0 Å².